The van der Waals surface area contributed by atoms with Crippen molar-refractivity contribution in [2.75, 3.05) is 0 Å². The maximum Gasteiger partial charge on any atom is -0.0189 e. The number of allylic oxidation sites excluding steroid dienone is 3. The summed E-state index contributed by atoms with van der Waals surface area (Å²) in [6, 6.07) is 0. The van der Waals surface area contributed by atoms with Crippen LogP contribution in [0.15, 0.2) is 23.2 Å². The average molecular weight is 215 g/mol. The molecular weight excluding hydrogens is 200 g/mol. The van der Waals surface area contributed by atoms with E-state index in [0.717, 1.165) is 5.92 Å². The number of hydrogen-bond donors (Lipinski definition) is 0. The van der Waals surface area contributed by atoms with Gasteiger partial charge in [0.1, 0.15) is 0 Å². The summed E-state index contributed by atoms with van der Waals surface area (Å²) in [5, 5.41) is 0. The molecule has 0 aromatic rings. The highest BCUT2D eigenvalue weighted by Gasteiger charge is 2.08. The van der Waals surface area contributed by atoms with Crippen LogP contribution in [0.5, 0.6) is 0 Å². The Bertz CT molecular complexity index is 141. The summed E-state index contributed by atoms with van der Waals surface area (Å²) in [5.74, 6) is 0.854. The molecule has 0 aromatic carbocycles. The predicted octanol–water partition coefficient (Wildman–Crippen LogP) is 4.03. The van der Waals surface area contributed by atoms with Gasteiger partial charge in [0, 0.05) is 0 Å². The summed E-state index contributed by atoms with van der Waals surface area (Å²) in [4.78, 5) is 1.90. The maximum absolute atomic E-state index is 3.24. The molecule has 1 heteroatoms. The zero-order valence-corrected chi connectivity index (χ0v) is 8.39. The van der Waals surface area contributed by atoms with E-state index in [9.17, 15) is 0 Å². The van der Waals surface area contributed by atoms with Crippen molar-refractivity contribution in [3.63, 3.8) is 0 Å². The monoisotopic (exact) mass is 214 g/mol. The van der Waals surface area contributed by atoms with Gasteiger partial charge < -0.3 is 0 Å². The highest BCUT2D eigenvalue weighted by molar-refractivity contribution is 9.11. The van der Waals surface area contributed by atoms with Crippen molar-refractivity contribution in [2.45, 2.75) is 32.1 Å². The van der Waals surface area contributed by atoms with Crippen molar-refractivity contribution >= 4 is 15.9 Å². The molecule has 0 atom stereocenters. The van der Waals surface area contributed by atoms with Crippen molar-refractivity contribution in [1.29, 1.82) is 0 Å². The van der Waals surface area contributed by atoms with Crippen LogP contribution in [-0.4, -0.2) is 0 Å². The molecule has 0 bridgehead atoms. The summed E-state index contributed by atoms with van der Waals surface area (Å²) in [6.07, 6.45) is 13.6. The van der Waals surface area contributed by atoms with E-state index < -0.39 is 0 Å². The Kier molecular flexibility index (Phi) is 4.60. The first kappa shape index (κ1) is 9.05. The lowest BCUT2D eigenvalue weighted by atomic mass is 9.89. The number of rotatable bonds is 2. The minimum Gasteiger partial charge on any atom is -0.0814 e. The average Bonchev–Trinajstić information content (AvgIpc) is 2.07. The minimum atomic E-state index is 0.854. The van der Waals surface area contributed by atoms with Gasteiger partial charge in [0.25, 0.3) is 0 Å². The van der Waals surface area contributed by atoms with Crippen LogP contribution in [0.1, 0.15) is 32.1 Å². The van der Waals surface area contributed by atoms with Crippen LogP contribution in [0.25, 0.3) is 0 Å². The quantitative estimate of drug-likeness (QED) is 0.610. The smallest absolute Gasteiger partial charge is 0.0189 e. The molecule has 1 saturated carbocycles. The van der Waals surface area contributed by atoms with Crippen LogP contribution < -0.4 is 0 Å². The summed E-state index contributed by atoms with van der Waals surface area (Å²) < 4.78 is 0. The van der Waals surface area contributed by atoms with Gasteiger partial charge >= 0.3 is 0 Å². The van der Waals surface area contributed by atoms with E-state index in [-0.39, 0.29) is 0 Å². The fraction of sp³-hybridized carbons (Fsp3) is 0.600. The maximum atomic E-state index is 3.24. The molecule has 1 aliphatic carbocycles. The van der Waals surface area contributed by atoms with Gasteiger partial charge in [-0.15, -0.1) is 0 Å². The van der Waals surface area contributed by atoms with Crippen LogP contribution in [0, 0.1) is 5.92 Å². The molecule has 1 fully saturated rings. The Morgan fingerprint density at radius 2 is 1.73 bits per heavy atom. The highest BCUT2D eigenvalue weighted by Crippen LogP contribution is 2.24. The Morgan fingerprint density at radius 3 is 2.36 bits per heavy atom. The number of halogens is 1. The Hall–Kier alpha value is -0.0400. The fourth-order valence-corrected chi connectivity index (χ4v) is 1.77. The molecular formula is C10H15Br. The zero-order valence-electron chi connectivity index (χ0n) is 6.80. The predicted molar refractivity (Wildman–Crippen MR) is 53.8 cm³/mol. The van der Waals surface area contributed by atoms with Crippen LogP contribution in [0.2, 0.25) is 0 Å². The molecule has 0 aromatic heterocycles. The molecule has 0 saturated heterocycles. The van der Waals surface area contributed by atoms with Gasteiger partial charge in [-0.05, 0) is 23.7 Å². The second kappa shape index (κ2) is 5.59. The van der Waals surface area contributed by atoms with E-state index in [1.165, 1.54) is 32.1 Å². The first-order chi connectivity index (χ1) is 5.43. The first-order valence-electron chi connectivity index (χ1n) is 4.37. The van der Waals surface area contributed by atoms with Crippen molar-refractivity contribution in [2.24, 2.45) is 5.92 Å². The van der Waals surface area contributed by atoms with E-state index in [2.05, 4.69) is 28.1 Å². The normalized spacial score (nSPS) is 21.9. The van der Waals surface area contributed by atoms with E-state index in [4.69, 9.17) is 0 Å². The lowest BCUT2D eigenvalue weighted by molar-refractivity contribution is 0.419. The van der Waals surface area contributed by atoms with Gasteiger partial charge in [-0.25, -0.2) is 0 Å². The summed E-state index contributed by atoms with van der Waals surface area (Å²) >= 11 is 3.24. The summed E-state index contributed by atoms with van der Waals surface area (Å²) in [6.45, 7) is 0. The highest BCUT2D eigenvalue weighted by atomic mass is 79.9. The van der Waals surface area contributed by atoms with Crippen LogP contribution in [0.3, 0.4) is 0 Å². The van der Waals surface area contributed by atoms with Crippen molar-refractivity contribution < 1.29 is 0 Å². The molecule has 11 heavy (non-hydrogen) atoms. The molecule has 0 heterocycles. The van der Waals surface area contributed by atoms with Crippen molar-refractivity contribution in [3.05, 3.63) is 23.2 Å². The van der Waals surface area contributed by atoms with Crippen LogP contribution in [0.4, 0.5) is 0 Å². The van der Waals surface area contributed by atoms with Gasteiger partial charge in [-0.2, -0.15) is 0 Å². The molecule has 1 aliphatic rings. The summed E-state index contributed by atoms with van der Waals surface area (Å²) in [7, 11) is 0. The van der Waals surface area contributed by atoms with E-state index >= 15 is 0 Å². The minimum absolute atomic E-state index is 0.854. The zero-order chi connectivity index (χ0) is 7.94. The van der Waals surface area contributed by atoms with Crippen molar-refractivity contribution in [3.8, 4) is 0 Å². The number of hydrogen-bond acceptors (Lipinski definition) is 0. The van der Waals surface area contributed by atoms with Crippen LogP contribution >= 0.6 is 15.9 Å². The fourth-order valence-electron chi connectivity index (χ4n) is 1.59. The molecule has 0 unspecified atom stereocenters. The van der Waals surface area contributed by atoms with Gasteiger partial charge in [-0.1, -0.05) is 53.4 Å². The third-order valence-electron chi connectivity index (χ3n) is 2.22. The van der Waals surface area contributed by atoms with Crippen LogP contribution in [-0.2, 0) is 0 Å². The third-order valence-corrected chi connectivity index (χ3v) is 2.52. The summed E-state index contributed by atoms with van der Waals surface area (Å²) in [5.41, 5.74) is 0. The lowest BCUT2D eigenvalue weighted by Crippen LogP contribution is -2.02. The molecule has 1 rings (SSSR count). The largest absolute Gasteiger partial charge is 0.0814 e. The van der Waals surface area contributed by atoms with Crippen molar-refractivity contribution in [1.82, 2.24) is 0 Å². The molecule has 0 radical (unpaired) electrons. The molecule has 62 valence electrons. The van der Waals surface area contributed by atoms with Gasteiger partial charge in [0.15, 0.2) is 0 Å². The van der Waals surface area contributed by atoms with E-state index in [1.54, 1.807) is 0 Å². The Labute approximate surface area is 77.5 Å². The molecule has 0 N–H and O–H groups in total. The Morgan fingerprint density at radius 1 is 1.00 bits per heavy atom. The molecule has 0 aliphatic heterocycles. The molecule has 0 spiro atoms. The van der Waals surface area contributed by atoms with Gasteiger partial charge in [0.05, 0.1) is 0 Å². The topological polar surface area (TPSA) is 0 Å². The van der Waals surface area contributed by atoms with Gasteiger partial charge in [0.2, 0.25) is 0 Å². The van der Waals surface area contributed by atoms with Gasteiger partial charge in [-0.3, -0.25) is 0 Å². The third kappa shape index (κ3) is 3.76. The second-order valence-electron chi connectivity index (χ2n) is 3.10. The van der Waals surface area contributed by atoms with E-state index in [0.29, 0.717) is 0 Å². The molecule has 0 amide bonds. The molecule has 0 nitrogen and oxygen atoms in total. The lowest BCUT2D eigenvalue weighted by Gasteiger charge is -2.17. The standard InChI is InChI=1S/C10H15Br/c11-9-5-4-8-10-6-2-1-3-7-10/h4-5,8-10H,1-3,6-7H2/b8-4-,9-5+. The van der Waals surface area contributed by atoms with E-state index in [1.807, 2.05) is 11.1 Å². The Balaban J connectivity index is 2.23. The first-order valence-corrected chi connectivity index (χ1v) is 5.28. The second-order valence-corrected chi connectivity index (χ2v) is 3.63. The SMILES string of the molecule is Br/C=C/C=C\C1CCCCC1.